The second-order valence-electron chi connectivity index (χ2n) is 8.64. The van der Waals surface area contributed by atoms with Crippen molar-refractivity contribution >= 4 is 6.34 Å². The van der Waals surface area contributed by atoms with E-state index in [4.69, 9.17) is 5.73 Å². The van der Waals surface area contributed by atoms with Gasteiger partial charge in [-0.2, -0.15) is 0 Å². The zero-order valence-electron chi connectivity index (χ0n) is 20.1. The third-order valence-electron chi connectivity index (χ3n) is 6.20. The van der Waals surface area contributed by atoms with Crippen molar-refractivity contribution in [2.45, 2.75) is 38.6 Å². The summed E-state index contributed by atoms with van der Waals surface area (Å²) in [5, 5.41) is 0. The Morgan fingerprint density at radius 3 is 2.62 bits per heavy atom. The van der Waals surface area contributed by atoms with Gasteiger partial charge in [0, 0.05) is 37.7 Å². The van der Waals surface area contributed by atoms with E-state index in [2.05, 4.69) is 65.0 Å². The van der Waals surface area contributed by atoms with Gasteiger partial charge in [0.25, 0.3) is 0 Å². The molecule has 0 radical (unpaired) electrons. The number of rotatable bonds is 6. The van der Waals surface area contributed by atoms with Gasteiger partial charge < -0.3 is 5.73 Å². The molecule has 0 fully saturated rings. The molecule has 1 heterocycles. The minimum Gasteiger partial charge on any atom is -0.390 e. The normalized spacial score (nSPS) is 17.2. The van der Waals surface area contributed by atoms with Crippen molar-refractivity contribution in [3.05, 3.63) is 116 Å². The van der Waals surface area contributed by atoms with E-state index in [1.807, 2.05) is 15.7 Å². The molecule has 34 heavy (non-hydrogen) atoms. The van der Waals surface area contributed by atoms with Crippen molar-refractivity contribution in [3.63, 3.8) is 0 Å². The van der Waals surface area contributed by atoms with Gasteiger partial charge in [0.1, 0.15) is 5.82 Å². The number of aliphatic imine (C=N–C) groups is 1. The predicted molar refractivity (Wildman–Crippen MR) is 137 cm³/mol. The van der Waals surface area contributed by atoms with Gasteiger partial charge in [0.05, 0.1) is 6.34 Å². The fraction of sp³-hybridized carbons (Fsp3) is 0.276. The number of benzene rings is 2. The minimum atomic E-state index is -0.139. The first-order valence-electron chi connectivity index (χ1n) is 11.8. The van der Waals surface area contributed by atoms with Crippen molar-refractivity contribution in [3.8, 4) is 0 Å². The molecule has 2 aliphatic rings. The summed E-state index contributed by atoms with van der Waals surface area (Å²) in [5.74, 6) is 0.0439. The quantitative estimate of drug-likeness (QED) is 0.228. The minimum absolute atomic E-state index is 0.139. The fourth-order valence-electron chi connectivity index (χ4n) is 4.61. The monoisotopic (exact) mass is 644 g/mol. The van der Waals surface area contributed by atoms with Crippen molar-refractivity contribution in [1.29, 1.82) is 0 Å². The standard InChI is InChI=1S/C27H30FN3.C2H3.Hg/c1-20-12-13-21(16-25(20)28)17-31-15-14-26(30-19-29)24(18-31)27(22-8-4-2-5-9-22)23-10-6-3-7-11-23;1-2;/h2-6,8-10,12-13,16,19,27H,7,11,14-15,17-18H2,1H3,(H2,29,30);1H,2H2;. The van der Waals surface area contributed by atoms with Crippen LogP contribution in [0, 0.1) is 12.7 Å². The summed E-state index contributed by atoms with van der Waals surface area (Å²) >= 11 is 0.830. The van der Waals surface area contributed by atoms with E-state index in [9.17, 15) is 4.39 Å². The van der Waals surface area contributed by atoms with Gasteiger partial charge in [0.15, 0.2) is 0 Å². The Balaban J connectivity index is 0.00000103. The molecule has 2 aromatic rings. The largest absolute Gasteiger partial charge is 0.390 e. The van der Waals surface area contributed by atoms with E-state index in [1.165, 1.54) is 23.0 Å². The third-order valence-corrected chi connectivity index (χ3v) is 6.20. The van der Waals surface area contributed by atoms with Crippen molar-refractivity contribution in [2.75, 3.05) is 13.1 Å². The van der Waals surface area contributed by atoms with Gasteiger partial charge in [-0.05, 0) is 48.1 Å². The molecule has 1 aliphatic carbocycles. The van der Waals surface area contributed by atoms with E-state index in [0.717, 1.165) is 76.3 Å². The molecule has 0 saturated carbocycles. The van der Waals surface area contributed by atoms with Crippen LogP contribution in [0.4, 0.5) is 4.39 Å². The van der Waals surface area contributed by atoms with Gasteiger partial charge in [-0.25, -0.2) is 9.38 Å². The Bertz CT molecular complexity index is 1090. The SMILES string of the molecule is C=[CH][Hg].Cc1ccc(CN2CCC(N=CN)=C(C(C3=CC=CCC3)c3ccccc3)C2)cc1F. The Kier molecular flexibility index (Phi) is 10.5. The summed E-state index contributed by atoms with van der Waals surface area (Å²) in [4.78, 5) is 6.97. The van der Waals surface area contributed by atoms with Crippen LogP contribution in [0.2, 0.25) is 0 Å². The second-order valence-corrected chi connectivity index (χ2v) is 10.9. The number of allylic oxidation sites excluding steroid dienone is 4. The van der Waals surface area contributed by atoms with Crippen LogP contribution in [0.25, 0.3) is 0 Å². The van der Waals surface area contributed by atoms with Crippen molar-refractivity contribution < 1.29 is 30.5 Å². The van der Waals surface area contributed by atoms with Gasteiger partial charge >= 0.3 is 36.3 Å². The zero-order chi connectivity index (χ0) is 24.3. The van der Waals surface area contributed by atoms with E-state index in [-0.39, 0.29) is 11.7 Å². The van der Waals surface area contributed by atoms with E-state index >= 15 is 0 Å². The molecule has 1 atom stereocenters. The molecule has 1 aliphatic heterocycles. The van der Waals surface area contributed by atoms with Crippen LogP contribution in [0.3, 0.4) is 0 Å². The maximum atomic E-state index is 14.1. The molecule has 3 nitrogen and oxygen atoms in total. The second kappa shape index (κ2) is 13.5. The molecule has 0 spiro atoms. The van der Waals surface area contributed by atoms with Crippen molar-refractivity contribution in [2.24, 2.45) is 10.7 Å². The zero-order valence-corrected chi connectivity index (χ0v) is 25.6. The molecule has 5 heteroatoms. The first kappa shape index (κ1) is 26.3. The molecule has 0 amide bonds. The molecule has 0 aromatic heterocycles. The van der Waals surface area contributed by atoms with Crippen LogP contribution in [0.5, 0.6) is 0 Å². The molecular weight excluding hydrogens is 610 g/mol. The number of hydrogen-bond donors (Lipinski definition) is 1. The Morgan fingerprint density at radius 2 is 1.97 bits per heavy atom. The molecule has 173 valence electrons. The molecule has 0 saturated heterocycles. The number of nitrogens with zero attached hydrogens (tertiary/aromatic N) is 2. The third kappa shape index (κ3) is 7.10. The van der Waals surface area contributed by atoms with Gasteiger partial charge in [-0.3, -0.25) is 4.90 Å². The van der Waals surface area contributed by atoms with E-state index in [1.54, 1.807) is 13.0 Å². The fourth-order valence-corrected chi connectivity index (χ4v) is 4.61. The maximum Gasteiger partial charge on any atom is 0.126 e. The van der Waals surface area contributed by atoms with Gasteiger partial charge in [-0.1, -0.05) is 66.3 Å². The molecule has 2 N–H and O–H groups in total. The Labute approximate surface area is 219 Å². The van der Waals surface area contributed by atoms with Gasteiger partial charge in [-0.15, -0.1) is 0 Å². The summed E-state index contributed by atoms with van der Waals surface area (Å²) in [6, 6.07) is 16.2. The molecule has 1 unspecified atom stereocenters. The first-order valence-corrected chi connectivity index (χ1v) is 15.0. The van der Waals surface area contributed by atoms with E-state index in [0.29, 0.717) is 5.56 Å². The van der Waals surface area contributed by atoms with Crippen LogP contribution in [-0.4, -0.2) is 24.3 Å². The predicted octanol–water partition coefficient (Wildman–Crippen LogP) is 6.32. The topological polar surface area (TPSA) is 41.6 Å². The van der Waals surface area contributed by atoms with Gasteiger partial charge in [0.2, 0.25) is 0 Å². The molecule has 2 aromatic carbocycles. The maximum absolute atomic E-state index is 14.1. The number of hydrogen-bond acceptors (Lipinski definition) is 2. The number of halogens is 1. The van der Waals surface area contributed by atoms with Crippen LogP contribution in [0.15, 0.2) is 98.8 Å². The van der Waals surface area contributed by atoms with Crippen LogP contribution < -0.4 is 5.73 Å². The Hall–Kier alpha value is -2.30. The summed E-state index contributed by atoms with van der Waals surface area (Å²) < 4.78 is 16.0. The summed E-state index contributed by atoms with van der Waals surface area (Å²) in [6.07, 6.45) is 11.0. The number of aryl methyl sites for hydroxylation is 1. The first-order chi connectivity index (χ1) is 16.6. The smallest absolute Gasteiger partial charge is 0.126 e. The number of nitrogens with two attached hydrogens (primary N) is 1. The van der Waals surface area contributed by atoms with Crippen LogP contribution in [0.1, 0.15) is 41.9 Å². The van der Waals surface area contributed by atoms with Crippen molar-refractivity contribution in [1.82, 2.24) is 4.90 Å². The summed E-state index contributed by atoms with van der Waals surface area (Å²) in [6.45, 7) is 7.65. The van der Waals surface area contributed by atoms with Crippen LogP contribution in [-0.2, 0) is 32.7 Å². The summed E-state index contributed by atoms with van der Waals surface area (Å²) in [5.41, 5.74) is 12.5. The molecule has 4 rings (SSSR count). The van der Waals surface area contributed by atoms with E-state index < -0.39 is 0 Å². The molecular formula is C29H33FHgN3. The average molecular weight is 643 g/mol. The average Bonchev–Trinajstić information content (AvgIpc) is 2.85. The Morgan fingerprint density at radius 1 is 1.21 bits per heavy atom. The van der Waals surface area contributed by atoms with Crippen LogP contribution >= 0.6 is 0 Å². The summed E-state index contributed by atoms with van der Waals surface area (Å²) in [7, 11) is 0. The molecule has 0 bridgehead atoms.